The lowest BCUT2D eigenvalue weighted by Crippen LogP contribution is -2.48. The highest BCUT2D eigenvalue weighted by molar-refractivity contribution is 5.89. The van der Waals surface area contributed by atoms with Gasteiger partial charge < -0.3 is 20.3 Å². The highest BCUT2D eigenvalue weighted by atomic mass is 16.5. The van der Waals surface area contributed by atoms with Crippen LogP contribution in [-0.2, 0) is 12.8 Å². The van der Waals surface area contributed by atoms with Crippen LogP contribution in [0.4, 0.5) is 10.5 Å². The fourth-order valence-corrected chi connectivity index (χ4v) is 3.55. The Hall–Kier alpha value is -2.53. The lowest BCUT2D eigenvalue weighted by molar-refractivity contribution is 0.204. The maximum atomic E-state index is 12.2. The van der Waals surface area contributed by atoms with Gasteiger partial charge >= 0.3 is 6.03 Å². The molecule has 1 heterocycles. The molecule has 0 spiro atoms. The van der Waals surface area contributed by atoms with Crippen molar-refractivity contribution in [2.24, 2.45) is 0 Å². The zero-order valence-corrected chi connectivity index (χ0v) is 17.5. The molecule has 1 fully saturated rings. The monoisotopic (exact) mass is 395 g/mol. The van der Waals surface area contributed by atoms with Crippen LogP contribution < -0.4 is 15.4 Å². The van der Waals surface area contributed by atoms with Gasteiger partial charge in [-0.05, 0) is 61.4 Å². The van der Waals surface area contributed by atoms with Gasteiger partial charge in [-0.2, -0.15) is 0 Å². The van der Waals surface area contributed by atoms with Gasteiger partial charge in [0.05, 0.1) is 6.61 Å². The summed E-state index contributed by atoms with van der Waals surface area (Å²) in [6.45, 7) is 6.18. The molecule has 156 valence electrons. The van der Waals surface area contributed by atoms with Gasteiger partial charge in [0.15, 0.2) is 0 Å². The first-order valence-corrected chi connectivity index (χ1v) is 10.8. The van der Waals surface area contributed by atoms with Crippen LogP contribution in [0.3, 0.4) is 0 Å². The second-order valence-corrected chi connectivity index (χ2v) is 7.48. The van der Waals surface area contributed by atoms with E-state index >= 15 is 0 Å². The van der Waals surface area contributed by atoms with E-state index in [1.807, 2.05) is 23.1 Å². The second-order valence-electron chi connectivity index (χ2n) is 7.48. The van der Waals surface area contributed by atoms with Gasteiger partial charge in [-0.25, -0.2) is 4.79 Å². The molecular formula is C24H33N3O2. The van der Waals surface area contributed by atoms with Crippen molar-refractivity contribution in [3.05, 3.63) is 59.7 Å². The highest BCUT2D eigenvalue weighted by Gasteiger charge is 2.15. The molecule has 0 saturated carbocycles. The fourth-order valence-electron chi connectivity index (χ4n) is 3.55. The molecule has 0 radical (unpaired) electrons. The number of ether oxygens (including phenoxy) is 1. The molecule has 2 N–H and O–H groups in total. The fraction of sp³-hybridized carbons (Fsp3) is 0.458. The number of urea groups is 1. The summed E-state index contributed by atoms with van der Waals surface area (Å²) >= 11 is 0. The van der Waals surface area contributed by atoms with Gasteiger partial charge in [-0.3, -0.25) is 0 Å². The summed E-state index contributed by atoms with van der Waals surface area (Å²) in [5.41, 5.74) is 3.44. The molecule has 0 aliphatic carbocycles. The summed E-state index contributed by atoms with van der Waals surface area (Å²) in [6, 6.07) is 16.5. The zero-order chi connectivity index (χ0) is 20.3. The summed E-state index contributed by atoms with van der Waals surface area (Å²) < 4.78 is 5.93. The van der Waals surface area contributed by atoms with Crippen molar-refractivity contribution in [2.45, 2.75) is 39.0 Å². The molecule has 0 aromatic heterocycles. The second kappa shape index (κ2) is 11.5. The van der Waals surface area contributed by atoms with Gasteiger partial charge in [0, 0.05) is 31.9 Å². The van der Waals surface area contributed by atoms with E-state index in [2.05, 4.69) is 47.9 Å². The minimum atomic E-state index is -0.0103. The van der Waals surface area contributed by atoms with E-state index in [1.54, 1.807) is 0 Å². The molecule has 1 saturated heterocycles. The van der Waals surface area contributed by atoms with Crippen LogP contribution in [0.15, 0.2) is 48.5 Å². The van der Waals surface area contributed by atoms with Crippen LogP contribution in [0.1, 0.15) is 37.3 Å². The first-order valence-electron chi connectivity index (χ1n) is 10.8. The number of aryl methyl sites for hydroxylation is 2. The van der Waals surface area contributed by atoms with Crippen molar-refractivity contribution >= 4 is 11.7 Å². The number of hydrogen-bond acceptors (Lipinski definition) is 3. The maximum Gasteiger partial charge on any atom is 0.321 e. The average molecular weight is 396 g/mol. The number of piperazine rings is 1. The summed E-state index contributed by atoms with van der Waals surface area (Å²) in [6.07, 6.45) is 5.41. The third kappa shape index (κ3) is 6.79. The third-order valence-electron chi connectivity index (χ3n) is 5.33. The number of unbranched alkanes of at least 4 members (excludes halogenated alkanes) is 2. The number of para-hydroxylation sites is 1. The Kier molecular flexibility index (Phi) is 8.38. The Labute approximate surface area is 174 Å². The normalized spacial score (nSPS) is 13.9. The first kappa shape index (κ1) is 21.2. The summed E-state index contributed by atoms with van der Waals surface area (Å²) in [5.74, 6) is 1.02. The van der Waals surface area contributed by atoms with Gasteiger partial charge in [0.1, 0.15) is 5.75 Å². The van der Waals surface area contributed by atoms with Crippen molar-refractivity contribution < 1.29 is 9.53 Å². The van der Waals surface area contributed by atoms with Gasteiger partial charge in [0.2, 0.25) is 0 Å². The largest absolute Gasteiger partial charge is 0.493 e. The van der Waals surface area contributed by atoms with E-state index in [9.17, 15) is 4.79 Å². The third-order valence-corrected chi connectivity index (χ3v) is 5.33. The Morgan fingerprint density at radius 3 is 2.55 bits per heavy atom. The Morgan fingerprint density at radius 2 is 1.79 bits per heavy atom. The van der Waals surface area contributed by atoms with E-state index in [0.717, 1.165) is 76.3 Å². The minimum Gasteiger partial charge on any atom is -0.493 e. The smallest absolute Gasteiger partial charge is 0.321 e. The number of carbonyl (C=O) groups excluding carboxylic acids is 1. The summed E-state index contributed by atoms with van der Waals surface area (Å²) in [7, 11) is 0. The Balaban J connectivity index is 1.32. The number of nitrogens with zero attached hydrogens (tertiary/aromatic N) is 1. The predicted octanol–water partition coefficient (Wildman–Crippen LogP) is 4.48. The van der Waals surface area contributed by atoms with E-state index in [-0.39, 0.29) is 6.03 Å². The summed E-state index contributed by atoms with van der Waals surface area (Å²) in [5, 5.41) is 6.25. The molecule has 0 unspecified atom stereocenters. The van der Waals surface area contributed by atoms with Crippen molar-refractivity contribution in [3.8, 4) is 5.75 Å². The topological polar surface area (TPSA) is 53.6 Å². The highest BCUT2D eigenvalue weighted by Crippen LogP contribution is 2.19. The van der Waals surface area contributed by atoms with Crippen molar-refractivity contribution in [2.75, 3.05) is 38.1 Å². The number of anilines is 1. The quantitative estimate of drug-likeness (QED) is 0.616. The van der Waals surface area contributed by atoms with Gasteiger partial charge in [-0.15, -0.1) is 0 Å². The number of nitrogens with one attached hydrogen (secondary N) is 2. The van der Waals surface area contributed by atoms with Crippen LogP contribution in [0, 0.1) is 0 Å². The Bertz CT molecular complexity index is 755. The van der Waals surface area contributed by atoms with E-state index in [4.69, 9.17) is 4.74 Å². The minimum absolute atomic E-state index is 0.0103. The van der Waals surface area contributed by atoms with Crippen LogP contribution in [0.25, 0.3) is 0 Å². The SMILES string of the molecule is CCc1ccccc1OCCCCCc1ccc(NC(=O)N2CCNCC2)cc1. The van der Waals surface area contributed by atoms with E-state index < -0.39 is 0 Å². The molecule has 0 bridgehead atoms. The van der Waals surface area contributed by atoms with Gasteiger partial charge in [-0.1, -0.05) is 37.3 Å². The number of amides is 2. The molecule has 2 amide bonds. The van der Waals surface area contributed by atoms with Crippen molar-refractivity contribution in [1.82, 2.24) is 10.2 Å². The molecule has 0 atom stereocenters. The number of rotatable bonds is 9. The average Bonchev–Trinajstić information content (AvgIpc) is 2.78. The molecule has 3 rings (SSSR count). The molecule has 2 aromatic rings. The van der Waals surface area contributed by atoms with Gasteiger partial charge in [0.25, 0.3) is 0 Å². The van der Waals surface area contributed by atoms with Crippen molar-refractivity contribution in [1.29, 1.82) is 0 Å². The molecule has 1 aliphatic heterocycles. The van der Waals surface area contributed by atoms with Crippen LogP contribution in [0.5, 0.6) is 5.75 Å². The van der Waals surface area contributed by atoms with Crippen molar-refractivity contribution in [3.63, 3.8) is 0 Å². The number of hydrogen-bond donors (Lipinski definition) is 2. The lowest BCUT2D eigenvalue weighted by atomic mass is 10.1. The first-order chi connectivity index (χ1) is 14.3. The number of benzene rings is 2. The predicted molar refractivity (Wildman–Crippen MR) is 119 cm³/mol. The maximum absolute atomic E-state index is 12.2. The molecule has 5 nitrogen and oxygen atoms in total. The Morgan fingerprint density at radius 1 is 1.03 bits per heavy atom. The number of carbonyl (C=O) groups is 1. The molecule has 2 aromatic carbocycles. The molecular weight excluding hydrogens is 362 g/mol. The van der Waals surface area contributed by atoms with E-state index in [0.29, 0.717) is 0 Å². The summed E-state index contributed by atoms with van der Waals surface area (Å²) in [4.78, 5) is 14.1. The lowest BCUT2D eigenvalue weighted by Gasteiger charge is -2.27. The molecule has 5 heteroatoms. The zero-order valence-electron chi connectivity index (χ0n) is 17.5. The molecule has 1 aliphatic rings. The standard InChI is InChI=1S/C24H33N3O2/c1-2-21-9-5-6-10-23(21)29-19-7-3-4-8-20-11-13-22(14-12-20)26-24(28)27-17-15-25-16-18-27/h5-6,9-14,25H,2-4,7-8,15-19H2,1H3,(H,26,28). The molecule has 29 heavy (non-hydrogen) atoms. The van der Waals surface area contributed by atoms with Crippen LogP contribution >= 0.6 is 0 Å². The van der Waals surface area contributed by atoms with E-state index in [1.165, 1.54) is 11.1 Å². The van der Waals surface area contributed by atoms with Crippen LogP contribution in [0.2, 0.25) is 0 Å². The van der Waals surface area contributed by atoms with Crippen LogP contribution in [-0.4, -0.2) is 43.7 Å².